The molecule has 1 aromatic rings. The number of hydrogen-bond donors (Lipinski definition) is 2. The minimum Gasteiger partial charge on any atom is -0.481 e. The molecule has 0 bridgehead atoms. The second-order valence-electron chi connectivity index (χ2n) is 3.05. The molecule has 0 spiro atoms. The first-order valence-corrected chi connectivity index (χ1v) is 4.13. The van der Waals surface area contributed by atoms with Crippen LogP contribution in [-0.2, 0) is 17.8 Å². The molecule has 3 heteroatoms. The first-order chi connectivity index (χ1) is 6.13. The largest absolute Gasteiger partial charge is 0.481 e. The lowest BCUT2D eigenvalue weighted by atomic mass is 10.0. The van der Waals surface area contributed by atoms with E-state index in [2.05, 4.69) is 0 Å². The van der Waals surface area contributed by atoms with Gasteiger partial charge in [0, 0.05) is 6.54 Å². The molecule has 3 nitrogen and oxygen atoms in total. The maximum atomic E-state index is 10.5. The van der Waals surface area contributed by atoms with Gasteiger partial charge in [0.1, 0.15) is 0 Å². The zero-order valence-electron chi connectivity index (χ0n) is 7.58. The number of aryl methyl sites for hydroxylation is 1. The quantitative estimate of drug-likeness (QED) is 0.729. The van der Waals surface area contributed by atoms with Crippen molar-refractivity contribution in [2.24, 2.45) is 5.73 Å². The summed E-state index contributed by atoms with van der Waals surface area (Å²) in [4.78, 5) is 10.5. The number of benzene rings is 1. The Morgan fingerprint density at radius 2 is 2.15 bits per heavy atom. The smallest absolute Gasteiger partial charge is 0.307 e. The first-order valence-electron chi connectivity index (χ1n) is 4.13. The van der Waals surface area contributed by atoms with E-state index in [-0.39, 0.29) is 6.42 Å². The van der Waals surface area contributed by atoms with Crippen LogP contribution < -0.4 is 5.73 Å². The van der Waals surface area contributed by atoms with Crippen molar-refractivity contribution in [3.8, 4) is 0 Å². The van der Waals surface area contributed by atoms with Crippen LogP contribution in [0.3, 0.4) is 0 Å². The fraction of sp³-hybridized carbons (Fsp3) is 0.300. The highest BCUT2D eigenvalue weighted by molar-refractivity contribution is 5.70. The van der Waals surface area contributed by atoms with Crippen molar-refractivity contribution < 1.29 is 9.90 Å². The summed E-state index contributed by atoms with van der Waals surface area (Å²) in [6.07, 6.45) is 0.0498. The number of carboxylic acid groups (broad SMARTS) is 1. The molecule has 0 aliphatic heterocycles. The molecule has 1 rings (SSSR count). The highest BCUT2D eigenvalue weighted by Gasteiger charge is 2.05. The minimum absolute atomic E-state index is 0.0498. The van der Waals surface area contributed by atoms with Gasteiger partial charge in [-0.15, -0.1) is 0 Å². The molecule has 0 aromatic heterocycles. The normalized spacial score (nSPS) is 10.0. The third-order valence-electron chi connectivity index (χ3n) is 1.92. The summed E-state index contributed by atoms with van der Waals surface area (Å²) < 4.78 is 0. The Kier molecular flexibility index (Phi) is 3.03. The summed E-state index contributed by atoms with van der Waals surface area (Å²) in [5, 5.41) is 8.64. The Bertz CT molecular complexity index is 321. The molecule has 3 N–H and O–H groups in total. The van der Waals surface area contributed by atoms with Crippen molar-refractivity contribution in [1.29, 1.82) is 0 Å². The van der Waals surface area contributed by atoms with Crippen LogP contribution >= 0.6 is 0 Å². The van der Waals surface area contributed by atoms with E-state index >= 15 is 0 Å². The number of carboxylic acids is 1. The summed E-state index contributed by atoms with van der Waals surface area (Å²) in [6.45, 7) is 2.33. The van der Waals surface area contributed by atoms with Gasteiger partial charge in [0.25, 0.3) is 0 Å². The molecule has 0 saturated carbocycles. The minimum atomic E-state index is -0.819. The molecule has 0 aliphatic carbocycles. The number of carbonyl (C=O) groups is 1. The third kappa shape index (κ3) is 2.56. The lowest BCUT2D eigenvalue weighted by Gasteiger charge is -2.05. The number of nitrogens with two attached hydrogens (primary N) is 1. The average molecular weight is 179 g/mol. The molecular formula is C10H13NO2. The van der Waals surface area contributed by atoms with Crippen LogP contribution in [0.25, 0.3) is 0 Å². The molecule has 0 aliphatic rings. The Morgan fingerprint density at radius 1 is 1.46 bits per heavy atom. The van der Waals surface area contributed by atoms with E-state index in [9.17, 15) is 4.79 Å². The van der Waals surface area contributed by atoms with Crippen molar-refractivity contribution >= 4 is 5.97 Å². The molecule has 0 saturated heterocycles. The second-order valence-corrected chi connectivity index (χ2v) is 3.05. The van der Waals surface area contributed by atoms with Gasteiger partial charge in [0.15, 0.2) is 0 Å². The Morgan fingerprint density at radius 3 is 2.69 bits per heavy atom. The lowest BCUT2D eigenvalue weighted by Crippen LogP contribution is -2.07. The highest BCUT2D eigenvalue weighted by Crippen LogP contribution is 2.11. The van der Waals surface area contributed by atoms with Gasteiger partial charge >= 0.3 is 5.97 Å². The zero-order valence-corrected chi connectivity index (χ0v) is 7.58. The van der Waals surface area contributed by atoms with Gasteiger partial charge in [0.05, 0.1) is 6.42 Å². The predicted octanol–water partition coefficient (Wildman–Crippen LogP) is 1.08. The van der Waals surface area contributed by atoms with E-state index in [1.807, 2.05) is 25.1 Å². The van der Waals surface area contributed by atoms with Crippen LogP contribution in [0.5, 0.6) is 0 Å². The zero-order chi connectivity index (χ0) is 9.84. The summed E-state index contributed by atoms with van der Waals surface area (Å²) in [5.41, 5.74) is 8.27. The monoisotopic (exact) mass is 179 g/mol. The molecule has 0 heterocycles. The van der Waals surface area contributed by atoms with E-state index in [1.165, 1.54) is 0 Å². The van der Waals surface area contributed by atoms with Gasteiger partial charge in [0.2, 0.25) is 0 Å². The topological polar surface area (TPSA) is 63.3 Å². The maximum Gasteiger partial charge on any atom is 0.307 e. The van der Waals surface area contributed by atoms with Gasteiger partial charge in [-0.2, -0.15) is 0 Å². The van der Waals surface area contributed by atoms with Crippen LogP contribution in [0, 0.1) is 6.92 Å². The first kappa shape index (κ1) is 9.74. The molecule has 0 atom stereocenters. The molecule has 0 fully saturated rings. The van der Waals surface area contributed by atoms with E-state index in [0.29, 0.717) is 6.54 Å². The van der Waals surface area contributed by atoms with Gasteiger partial charge in [-0.25, -0.2) is 0 Å². The van der Waals surface area contributed by atoms with Gasteiger partial charge in [-0.3, -0.25) is 4.79 Å². The van der Waals surface area contributed by atoms with Crippen molar-refractivity contribution in [2.75, 3.05) is 0 Å². The van der Waals surface area contributed by atoms with Crippen molar-refractivity contribution in [3.63, 3.8) is 0 Å². The highest BCUT2D eigenvalue weighted by atomic mass is 16.4. The molecule has 0 radical (unpaired) electrons. The molecule has 70 valence electrons. The fourth-order valence-electron chi connectivity index (χ4n) is 1.28. The van der Waals surface area contributed by atoms with Crippen molar-refractivity contribution in [1.82, 2.24) is 0 Å². The Balaban J connectivity index is 3.01. The Hall–Kier alpha value is -1.35. The van der Waals surface area contributed by atoms with E-state index in [4.69, 9.17) is 10.8 Å². The Labute approximate surface area is 77.2 Å². The molecule has 1 aromatic carbocycles. The van der Waals surface area contributed by atoms with E-state index < -0.39 is 5.97 Å². The van der Waals surface area contributed by atoms with Gasteiger partial charge < -0.3 is 10.8 Å². The van der Waals surface area contributed by atoms with Crippen LogP contribution in [0.1, 0.15) is 16.7 Å². The maximum absolute atomic E-state index is 10.5. The SMILES string of the molecule is Cc1ccc(CN)c(CC(=O)O)c1. The predicted molar refractivity (Wildman–Crippen MR) is 50.4 cm³/mol. The summed E-state index contributed by atoms with van der Waals surface area (Å²) in [7, 11) is 0. The molecule has 0 unspecified atom stereocenters. The second kappa shape index (κ2) is 4.05. The number of aliphatic carboxylic acids is 1. The van der Waals surface area contributed by atoms with Crippen LogP contribution in [0.2, 0.25) is 0 Å². The summed E-state index contributed by atoms with van der Waals surface area (Å²) in [5.74, 6) is -0.819. The molecule has 0 amide bonds. The number of hydrogen-bond acceptors (Lipinski definition) is 2. The summed E-state index contributed by atoms with van der Waals surface area (Å²) >= 11 is 0. The van der Waals surface area contributed by atoms with Crippen LogP contribution in [-0.4, -0.2) is 11.1 Å². The van der Waals surface area contributed by atoms with E-state index in [0.717, 1.165) is 16.7 Å². The lowest BCUT2D eigenvalue weighted by molar-refractivity contribution is -0.136. The van der Waals surface area contributed by atoms with Crippen molar-refractivity contribution in [3.05, 3.63) is 34.9 Å². The fourth-order valence-corrected chi connectivity index (χ4v) is 1.28. The van der Waals surface area contributed by atoms with Gasteiger partial charge in [-0.05, 0) is 18.1 Å². The van der Waals surface area contributed by atoms with Crippen LogP contribution in [0.4, 0.5) is 0 Å². The van der Waals surface area contributed by atoms with Gasteiger partial charge in [-0.1, -0.05) is 23.8 Å². The standard InChI is InChI=1S/C10H13NO2/c1-7-2-3-8(6-11)9(4-7)5-10(12)13/h2-4H,5-6,11H2,1H3,(H,12,13). The summed E-state index contributed by atoms with van der Waals surface area (Å²) in [6, 6.07) is 5.69. The molecular weight excluding hydrogens is 166 g/mol. The van der Waals surface area contributed by atoms with Crippen molar-refractivity contribution in [2.45, 2.75) is 19.9 Å². The molecule has 13 heavy (non-hydrogen) atoms. The third-order valence-corrected chi connectivity index (χ3v) is 1.92. The number of rotatable bonds is 3. The van der Waals surface area contributed by atoms with Crippen LogP contribution in [0.15, 0.2) is 18.2 Å². The van der Waals surface area contributed by atoms with E-state index in [1.54, 1.807) is 0 Å². The average Bonchev–Trinajstić information content (AvgIpc) is 2.03.